The predicted molar refractivity (Wildman–Crippen MR) is 150 cm³/mol. The Hall–Kier alpha value is -3.42. The molecule has 0 bridgehead atoms. The molecule has 12 nitrogen and oxygen atoms in total. The number of nitrogens with two attached hydrogens (primary N) is 2. The number of ether oxygens (including phenoxy) is 2. The number of hydrogen-bond donors (Lipinski definition) is 4. The topological polar surface area (TPSA) is 167 Å². The second-order valence-corrected chi connectivity index (χ2v) is 8.61. The standard InChI is InChI=1S/C25H37B2N5O7/c1-4-36-17-18-37-25(35)32(15-13-30-23(33)19-5-9-21(10-6-19)26(2)38-28)16-14-31-24(34)20-7-11-22(12-8-20)27(3)39-29/h5-12H,4,13-18,28-29H2,1-3H3,(H,30,33)(H,31,34). The number of benzene rings is 2. The summed E-state index contributed by atoms with van der Waals surface area (Å²) >= 11 is 0. The normalized spacial score (nSPS) is 10.5. The van der Waals surface area contributed by atoms with E-state index in [0.29, 0.717) is 17.7 Å². The summed E-state index contributed by atoms with van der Waals surface area (Å²) in [5.74, 6) is 9.83. The monoisotopic (exact) mass is 541 g/mol. The smallest absolute Gasteiger partial charge is 0.409 e. The lowest BCUT2D eigenvalue weighted by atomic mass is 9.64. The number of amides is 3. The molecule has 0 aromatic heterocycles. The van der Waals surface area contributed by atoms with E-state index in [9.17, 15) is 14.4 Å². The van der Waals surface area contributed by atoms with Crippen molar-refractivity contribution < 1.29 is 33.4 Å². The maximum atomic E-state index is 12.6. The molecule has 0 radical (unpaired) electrons. The van der Waals surface area contributed by atoms with E-state index in [4.69, 9.17) is 30.8 Å². The molecule has 0 aliphatic carbocycles. The largest absolute Gasteiger partial charge is 0.447 e. The van der Waals surface area contributed by atoms with Crippen LogP contribution in [0, 0.1) is 0 Å². The van der Waals surface area contributed by atoms with Crippen LogP contribution in [-0.2, 0) is 19.0 Å². The molecule has 0 unspecified atom stereocenters. The van der Waals surface area contributed by atoms with Gasteiger partial charge in [0.2, 0.25) is 0 Å². The molecule has 210 valence electrons. The first-order valence-electron chi connectivity index (χ1n) is 12.8. The lowest BCUT2D eigenvalue weighted by Crippen LogP contribution is -2.43. The average Bonchev–Trinajstić information content (AvgIpc) is 2.97. The Morgan fingerprint density at radius 3 is 1.59 bits per heavy atom. The first-order valence-corrected chi connectivity index (χ1v) is 12.8. The van der Waals surface area contributed by atoms with E-state index in [1.807, 2.05) is 6.92 Å². The molecule has 0 fully saturated rings. The molecule has 0 atom stereocenters. The molecule has 39 heavy (non-hydrogen) atoms. The minimum absolute atomic E-state index is 0.0937. The van der Waals surface area contributed by atoms with Gasteiger partial charge in [-0.3, -0.25) is 9.59 Å². The van der Waals surface area contributed by atoms with Gasteiger partial charge in [-0.25, -0.2) is 16.6 Å². The minimum atomic E-state index is -0.571. The van der Waals surface area contributed by atoms with Crippen molar-refractivity contribution in [1.29, 1.82) is 0 Å². The molecular weight excluding hydrogens is 504 g/mol. The van der Waals surface area contributed by atoms with Crippen LogP contribution in [0.3, 0.4) is 0 Å². The van der Waals surface area contributed by atoms with Crippen molar-refractivity contribution in [1.82, 2.24) is 15.5 Å². The Labute approximate surface area is 229 Å². The van der Waals surface area contributed by atoms with Gasteiger partial charge >= 0.3 is 19.9 Å². The van der Waals surface area contributed by atoms with Gasteiger partial charge in [0, 0.05) is 43.9 Å². The molecule has 0 saturated heterocycles. The molecule has 0 heterocycles. The van der Waals surface area contributed by atoms with Crippen LogP contribution in [0.25, 0.3) is 0 Å². The van der Waals surface area contributed by atoms with Gasteiger partial charge in [0.15, 0.2) is 0 Å². The van der Waals surface area contributed by atoms with Crippen molar-refractivity contribution in [3.63, 3.8) is 0 Å². The third-order valence-corrected chi connectivity index (χ3v) is 5.94. The van der Waals surface area contributed by atoms with Crippen LogP contribution in [0.5, 0.6) is 0 Å². The highest BCUT2D eigenvalue weighted by atomic mass is 16.6. The van der Waals surface area contributed by atoms with Gasteiger partial charge in [0.25, 0.3) is 11.8 Å². The van der Waals surface area contributed by atoms with Crippen molar-refractivity contribution in [2.45, 2.75) is 20.6 Å². The second kappa shape index (κ2) is 17.2. The highest BCUT2D eigenvalue weighted by Crippen LogP contribution is 2.01. The van der Waals surface area contributed by atoms with Gasteiger partial charge in [-0.2, -0.15) is 0 Å². The summed E-state index contributed by atoms with van der Waals surface area (Å²) < 4.78 is 20.1. The fourth-order valence-electron chi connectivity index (χ4n) is 3.50. The quantitative estimate of drug-likeness (QED) is 0.127. The van der Waals surface area contributed by atoms with Crippen molar-refractivity contribution in [3.8, 4) is 0 Å². The van der Waals surface area contributed by atoms with Crippen LogP contribution in [0.1, 0.15) is 27.6 Å². The Morgan fingerprint density at radius 1 is 0.769 bits per heavy atom. The number of rotatable bonds is 16. The summed E-state index contributed by atoms with van der Waals surface area (Å²) in [7, 11) is 0. The first kappa shape index (κ1) is 31.8. The lowest BCUT2D eigenvalue weighted by Gasteiger charge is -2.22. The van der Waals surface area contributed by atoms with Crippen molar-refractivity contribution in [3.05, 3.63) is 59.7 Å². The van der Waals surface area contributed by atoms with Crippen molar-refractivity contribution in [2.75, 3.05) is 46.0 Å². The average molecular weight is 541 g/mol. The lowest BCUT2D eigenvalue weighted by molar-refractivity contribution is 0.0586. The fraction of sp³-hybridized carbons (Fsp3) is 0.400. The number of carbonyl (C=O) groups is 3. The van der Waals surface area contributed by atoms with Crippen LogP contribution < -0.4 is 33.4 Å². The van der Waals surface area contributed by atoms with E-state index in [1.165, 1.54) is 4.90 Å². The van der Waals surface area contributed by atoms with E-state index in [0.717, 1.165) is 10.9 Å². The summed E-state index contributed by atoms with van der Waals surface area (Å²) in [5, 5.41) is 5.58. The number of nitrogens with zero attached hydrogens (tertiary/aromatic N) is 1. The molecule has 3 amide bonds. The molecular formula is C25H37B2N5O7. The van der Waals surface area contributed by atoms with Crippen LogP contribution in [-0.4, -0.2) is 82.6 Å². The highest BCUT2D eigenvalue weighted by Gasteiger charge is 2.17. The Bertz CT molecular complexity index is 973. The summed E-state index contributed by atoms with van der Waals surface area (Å²) in [6, 6.07) is 13.7. The molecule has 2 aromatic carbocycles. The molecule has 0 saturated carbocycles. The van der Waals surface area contributed by atoms with Gasteiger partial charge in [-0.1, -0.05) is 37.9 Å². The van der Waals surface area contributed by atoms with Crippen LogP contribution in [0.2, 0.25) is 13.6 Å². The molecule has 14 heteroatoms. The van der Waals surface area contributed by atoms with Gasteiger partial charge in [-0.15, -0.1) is 0 Å². The summed E-state index contributed by atoms with van der Waals surface area (Å²) in [5.41, 5.74) is 2.60. The Balaban J connectivity index is 1.90. The zero-order chi connectivity index (χ0) is 28.6. The number of carbonyl (C=O) groups excluding carboxylic acids is 3. The van der Waals surface area contributed by atoms with E-state index in [-0.39, 0.29) is 65.0 Å². The molecule has 0 aliphatic heterocycles. The van der Waals surface area contributed by atoms with E-state index < -0.39 is 6.09 Å². The van der Waals surface area contributed by atoms with E-state index in [2.05, 4.69) is 10.6 Å². The van der Waals surface area contributed by atoms with Gasteiger partial charge in [0.1, 0.15) is 6.61 Å². The fourth-order valence-corrected chi connectivity index (χ4v) is 3.50. The van der Waals surface area contributed by atoms with Crippen LogP contribution in [0.15, 0.2) is 48.5 Å². The highest BCUT2D eigenvalue weighted by molar-refractivity contribution is 6.66. The third kappa shape index (κ3) is 10.7. The van der Waals surface area contributed by atoms with Crippen LogP contribution in [0.4, 0.5) is 4.79 Å². The van der Waals surface area contributed by atoms with E-state index in [1.54, 1.807) is 62.2 Å². The minimum Gasteiger partial charge on any atom is -0.447 e. The molecule has 2 rings (SSSR count). The maximum Gasteiger partial charge on any atom is 0.409 e. The summed E-state index contributed by atoms with van der Waals surface area (Å²) in [6.07, 6.45) is -0.571. The van der Waals surface area contributed by atoms with Gasteiger partial charge in [-0.05, 0) is 42.1 Å². The number of nitrogens with one attached hydrogen (secondary N) is 2. The van der Waals surface area contributed by atoms with Crippen molar-refractivity contribution in [2.24, 2.45) is 11.8 Å². The maximum absolute atomic E-state index is 12.6. The SMILES string of the molecule is CCOCCOC(=O)N(CCNC(=O)c1ccc(B(C)ON)cc1)CCNC(=O)c1ccc(B(C)ON)cc1. The Morgan fingerprint density at radius 2 is 1.21 bits per heavy atom. The molecule has 0 aliphatic rings. The summed E-state index contributed by atoms with van der Waals surface area (Å²) in [6.45, 7) is 6.46. The molecule has 6 N–H and O–H groups in total. The van der Waals surface area contributed by atoms with Gasteiger partial charge in [0.05, 0.1) is 6.61 Å². The Kier molecular flexibility index (Phi) is 14.0. The third-order valence-electron chi connectivity index (χ3n) is 5.94. The molecule has 2 aromatic rings. The van der Waals surface area contributed by atoms with Crippen LogP contribution >= 0.6 is 0 Å². The van der Waals surface area contributed by atoms with Gasteiger partial charge < -0.3 is 34.5 Å². The zero-order valence-electron chi connectivity index (χ0n) is 22.7. The number of hydrogen-bond acceptors (Lipinski definition) is 9. The predicted octanol–water partition coefficient (Wildman–Crippen LogP) is -0.241. The van der Waals surface area contributed by atoms with Crippen molar-refractivity contribution >= 4 is 42.7 Å². The second-order valence-electron chi connectivity index (χ2n) is 8.61. The zero-order valence-corrected chi connectivity index (χ0v) is 22.7. The summed E-state index contributed by atoms with van der Waals surface area (Å²) in [4.78, 5) is 39.1. The first-order chi connectivity index (χ1) is 18.8. The molecule has 0 spiro atoms. The van der Waals surface area contributed by atoms with E-state index >= 15 is 0 Å².